The number of carbonyl (C=O) groups excluding carboxylic acids is 3. The molecular formula is C29H32N4O3. The van der Waals surface area contributed by atoms with Gasteiger partial charge in [0.1, 0.15) is 0 Å². The SMILES string of the molecule is CN(C(=O)c1ccc(NC(=O)CNc2ccc(C(=O)NC3CCCCC3)cc2)cc1)c1ccccc1. The molecule has 3 N–H and O–H groups in total. The molecule has 3 aromatic rings. The number of rotatable bonds is 8. The highest BCUT2D eigenvalue weighted by Crippen LogP contribution is 2.19. The van der Waals surface area contributed by atoms with Gasteiger partial charge in [-0.3, -0.25) is 14.4 Å². The molecule has 0 heterocycles. The van der Waals surface area contributed by atoms with Gasteiger partial charge in [0.2, 0.25) is 5.91 Å². The van der Waals surface area contributed by atoms with E-state index in [-0.39, 0.29) is 30.3 Å². The maximum atomic E-state index is 12.7. The molecule has 7 nitrogen and oxygen atoms in total. The van der Waals surface area contributed by atoms with Gasteiger partial charge >= 0.3 is 0 Å². The van der Waals surface area contributed by atoms with Crippen LogP contribution in [0.5, 0.6) is 0 Å². The van der Waals surface area contributed by atoms with Crippen LogP contribution in [0.25, 0.3) is 0 Å². The Kier molecular flexibility index (Phi) is 8.34. The molecule has 0 aliphatic heterocycles. The zero-order valence-corrected chi connectivity index (χ0v) is 20.5. The van der Waals surface area contributed by atoms with E-state index in [1.54, 1.807) is 60.5 Å². The number of benzene rings is 3. The van der Waals surface area contributed by atoms with Gasteiger partial charge in [-0.05, 0) is 73.5 Å². The maximum absolute atomic E-state index is 12.7. The zero-order valence-electron chi connectivity index (χ0n) is 20.5. The summed E-state index contributed by atoms with van der Waals surface area (Å²) in [6.45, 7) is 0.0744. The van der Waals surface area contributed by atoms with Crippen molar-refractivity contribution in [1.29, 1.82) is 0 Å². The fraction of sp³-hybridized carbons (Fsp3) is 0.276. The van der Waals surface area contributed by atoms with Crippen LogP contribution < -0.4 is 20.9 Å². The molecule has 0 atom stereocenters. The van der Waals surface area contributed by atoms with Crippen LogP contribution in [0.2, 0.25) is 0 Å². The number of para-hydroxylation sites is 1. The maximum Gasteiger partial charge on any atom is 0.258 e. The van der Waals surface area contributed by atoms with Crippen LogP contribution in [0.15, 0.2) is 78.9 Å². The largest absolute Gasteiger partial charge is 0.376 e. The van der Waals surface area contributed by atoms with Gasteiger partial charge in [0.25, 0.3) is 11.8 Å². The number of amides is 3. The topological polar surface area (TPSA) is 90.5 Å². The minimum Gasteiger partial charge on any atom is -0.376 e. The molecule has 1 aliphatic carbocycles. The van der Waals surface area contributed by atoms with Crippen molar-refractivity contribution in [3.63, 3.8) is 0 Å². The average molecular weight is 485 g/mol. The molecule has 0 unspecified atom stereocenters. The van der Waals surface area contributed by atoms with Crippen molar-refractivity contribution in [2.45, 2.75) is 38.1 Å². The second-order valence-electron chi connectivity index (χ2n) is 9.06. The minimum atomic E-state index is -0.213. The smallest absolute Gasteiger partial charge is 0.258 e. The first-order valence-electron chi connectivity index (χ1n) is 12.4. The Balaban J connectivity index is 1.24. The zero-order chi connectivity index (χ0) is 25.3. The van der Waals surface area contributed by atoms with Crippen LogP contribution in [-0.4, -0.2) is 37.4 Å². The fourth-order valence-corrected chi connectivity index (χ4v) is 4.30. The normalized spacial score (nSPS) is 13.5. The molecule has 186 valence electrons. The van der Waals surface area contributed by atoms with Gasteiger partial charge in [-0.25, -0.2) is 0 Å². The first-order chi connectivity index (χ1) is 17.5. The van der Waals surface area contributed by atoms with E-state index in [9.17, 15) is 14.4 Å². The molecule has 3 amide bonds. The summed E-state index contributed by atoms with van der Waals surface area (Å²) >= 11 is 0. The summed E-state index contributed by atoms with van der Waals surface area (Å²) in [5.74, 6) is -0.394. The quantitative estimate of drug-likeness (QED) is 0.416. The standard InChI is InChI=1S/C29H32N4O3/c1-33(26-10-6-3-7-11-26)29(36)22-14-18-25(19-15-22)31-27(34)20-30-23-16-12-21(13-17-23)28(35)32-24-8-4-2-5-9-24/h3,6-7,10-19,24,30H,2,4-5,8-9,20H2,1H3,(H,31,34)(H,32,35). The number of carbonyl (C=O) groups is 3. The summed E-state index contributed by atoms with van der Waals surface area (Å²) in [5.41, 5.74) is 3.32. The Morgan fingerprint density at radius 2 is 1.39 bits per heavy atom. The van der Waals surface area contributed by atoms with Crippen LogP contribution in [0, 0.1) is 0 Å². The predicted molar refractivity (Wildman–Crippen MR) is 144 cm³/mol. The third-order valence-corrected chi connectivity index (χ3v) is 6.40. The lowest BCUT2D eigenvalue weighted by atomic mass is 9.95. The number of nitrogens with zero attached hydrogens (tertiary/aromatic N) is 1. The summed E-state index contributed by atoms with van der Waals surface area (Å²) < 4.78 is 0. The van der Waals surface area contributed by atoms with Gasteiger partial charge in [0.05, 0.1) is 6.54 Å². The lowest BCUT2D eigenvalue weighted by Gasteiger charge is -2.22. The van der Waals surface area contributed by atoms with Crippen LogP contribution in [0.1, 0.15) is 52.8 Å². The molecule has 0 bridgehead atoms. The van der Waals surface area contributed by atoms with Gasteiger partial charge in [-0.1, -0.05) is 37.5 Å². The highest BCUT2D eigenvalue weighted by Gasteiger charge is 2.17. The lowest BCUT2D eigenvalue weighted by molar-refractivity contribution is -0.114. The third-order valence-electron chi connectivity index (χ3n) is 6.40. The van der Waals surface area contributed by atoms with E-state index >= 15 is 0 Å². The molecule has 1 saturated carbocycles. The molecule has 0 radical (unpaired) electrons. The number of hydrogen-bond acceptors (Lipinski definition) is 4. The van der Waals surface area contributed by atoms with Gasteiger partial charge in [-0.2, -0.15) is 0 Å². The van der Waals surface area contributed by atoms with Crippen molar-refractivity contribution in [2.24, 2.45) is 0 Å². The Hall–Kier alpha value is -4.13. The fourth-order valence-electron chi connectivity index (χ4n) is 4.30. The molecule has 36 heavy (non-hydrogen) atoms. The number of hydrogen-bond donors (Lipinski definition) is 3. The second kappa shape index (κ2) is 12.0. The summed E-state index contributed by atoms with van der Waals surface area (Å²) in [6.07, 6.45) is 5.68. The first kappa shape index (κ1) is 25.0. The summed E-state index contributed by atoms with van der Waals surface area (Å²) in [6, 6.07) is 23.6. The average Bonchev–Trinajstić information content (AvgIpc) is 2.93. The summed E-state index contributed by atoms with van der Waals surface area (Å²) in [4.78, 5) is 39.1. The van der Waals surface area contributed by atoms with Crippen molar-refractivity contribution in [3.05, 3.63) is 90.0 Å². The van der Waals surface area contributed by atoms with E-state index in [1.165, 1.54) is 19.3 Å². The molecular weight excluding hydrogens is 452 g/mol. The van der Waals surface area contributed by atoms with E-state index in [1.807, 2.05) is 30.3 Å². The van der Waals surface area contributed by atoms with Crippen LogP contribution >= 0.6 is 0 Å². The van der Waals surface area contributed by atoms with E-state index in [0.29, 0.717) is 16.8 Å². The van der Waals surface area contributed by atoms with E-state index in [2.05, 4.69) is 16.0 Å². The molecule has 0 saturated heterocycles. The van der Waals surface area contributed by atoms with Gasteiger partial charge in [-0.15, -0.1) is 0 Å². The molecule has 3 aromatic carbocycles. The third kappa shape index (κ3) is 6.72. The lowest BCUT2D eigenvalue weighted by Crippen LogP contribution is -2.36. The number of anilines is 3. The summed E-state index contributed by atoms with van der Waals surface area (Å²) in [5, 5.41) is 9.00. The Morgan fingerprint density at radius 1 is 0.778 bits per heavy atom. The number of nitrogens with one attached hydrogen (secondary N) is 3. The van der Waals surface area contributed by atoms with E-state index in [0.717, 1.165) is 24.2 Å². The van der Waals surface area contributed by atoms with Gasteiger partial charge in [0.15, 0.2) is 0 Å². The highest BCUT2D eigenvalue weighted by atomic mass is 16.2. The molecule has 0 spiro atoms. The highest BCUT2D eigenvalue weighted by molar-refractivity contribution is 6.06. The Morgan fingerprint density at radius 3 is 2.06 bits per heavy atom. The summed E-state index contributed by atoms with van der Waals surface area (Å²) in [7, 11) is 1.73. The molecule has 0 aromatic heterocycles. The van der Waals surface area contributed by atoms with Crippen molar-refractivity contribution in [2.75, 3.05) is 29.1 Å². The Labute approximate surface area is 211 Å². The molecule has 4 rings (SSSR count). The van der Waals surface area contributed by atoms with Crippen molar-refractivity contribution in [1.82, 2.24) is 5.32 Å². The van der Waals surface area contributed by atoms with Gasteiger partial charge < -0.3 is 20.9 Å². The molecule has 1 aliphatic rings. The second-order valence-corrected chi connectivity index (χ2v) is 9.06. The van der Waals surface area contributed by atoms with E-state index < -0.39 is 0 Å². The van der Waals surface area contributed by atoms with Crippen LogP contribution in [0.3, 0.4) is 0 Å². The van der Waals surface area contributed by atoms with Gasteiger partial charge in [0, 0.05) is 41.3 Å². The molecule has 1 fully saturated rings. The predicted octanol–water partition coefficient (Wildman–Crippen LogP) is 5.08. The first-order valence-corrected chi connectivity index (χ1v) is 12.4. The van der Waals surface area contributed by atoms with Crippen LogP contribution in [0.4, 0.5) is 17.1 Å². The Bertz CT molecular complexity index is 1170. The van der Waals surface area contributed by atoms with Crippen LogP contribution in [-0.2, 0) is 4.79 Å². The van der Waals surface area contributed by atoms with Crippen molar-refractivity contribution in [3.8, 4) is 0 Å². The minimum absolute atomic E-state index is 0.0527. The van der Waals surface area contributed by atoms with Crippen molar-refractivity contribution < 1.29 is 14.4 Å². The monoisotopic (exact) mass is 484 g/mol. The van der Waals surface area contributed by atoms with Crippen molar-refractivity contribution >= 4 is 34.8 Å². The molecule has 7 heteroatoms. The van der Waals surface area contributed by atoms with E-state index in [4.69, 9.17) is 0 Å².